The second-order valence-corrected chi connectivity index (χ2v) is 8.67. The van der Waals surface area contributed by atoms with Gasteiger partial charge < -0.3 is 20.4 Å². The summed E-state index contributed by atoms with van der Waals surface area (Å²) in [5, 5.41) is 43.3. The summed E-state index contributed by atoms with van der Waals surface area (Å²) in [6, 6.07) is 0. The average molecular weight is 336 g/mol. The molecule has 0 aromatic heterocycles. The average Bonchev–Trinajstić information content (AvgIpc) is 2.68. The van der Waals surface area contributed by atoms with Crippen molar-refractivity contribution in [2.45, 2.75) is 57.3 Å². The summed E-state index contributed by atoms with van der Waals surface area (Å²) in [7, 11) is 0. The molecule has 2 bridgehead atoms. The summed E-state index contributed by atoms with van der Waals surface area (Å²) in [5.74, 6) is -0.718. The van der Waals surface area contributed by atoms with E-state index in [1.165, 1.54) is 0 Å². The maximum atomic E-state index is 13.1. The predicted molar refractivity (Wildman–Crippen MR) is 86.8 cm³/mol. The lowest BCUT2D eigenvalue weighted by Gasteiger charge is -2.64. The van der Waals surface area contributed by atoms with E-state index in [9.17, 15) is 25.2 Å². The van der Waals surface area contributed by atoms with Crippen molar-refractivity contribution in [1.82, 2.24) is 0 Å². The first-order valence-electron chi connectivity index (χ1n) is 9.22. The maximum absolute atomic E-state index is 13.1. The highest BCUT2D eigenvalue weighted by Crippen LogP contribution is 2.69. The number of carbonyl (C=O) groups excluding carboxylic acids is 1. The minimum Gasteiger partial charge on any atom is -0.396 e. The molecule has 4 N–H and O–H groups in total. The molecular formula is C19H28O5. The Morgan fingerprint density at radius 2 is 1.83 bits per heavy atom. The Morgan fingerprint density at radius 3 is 2.50 bits per heavy atom. The molecule has 5 heteroatoms. The Morgan fingerprint density at radius 1 is 1.12 bits per heavy atom. The van der Waals surface area contributed by atoms with Gasteiger partial charge in [0.1, 0.15) is 0 Å². The molecule has 4 aliphatic carbocycles. The van der Waals surface area contributed by atoms with E-state index in [1.807, 2.05) is 0 Å². The van der Waals surface area contributed by atoms with Crippen LogP contribution < -0.4 is 0 Å². The van der Waals surface area contributed by atoms with Crippen LogP contribution in [0.1, 0.15) is 39.0 Å². The summed E-state index contributed by atoms with van der Waals surface area (Å²) in [4.78, 5) is 13.1. The fourth-order valence-corrected chi connectivity index (χ4v) is 7.06. The third-order valence-electron chi connectivity index (χ3n) is 8.19. The first-order valence-corrected chi connectivity index (χ1v) is 9.22. The summed E-state index contributed by atoms with van der Waals surface area (Å²) < 4.78 is 0. The SMILES string of the molecule is C=C1C(=O)C23C(O)CC4C(C)CCC(O)C4(CO)C2CCC1C3O. The van der Waals surface area contributed by atoms with Gasteiger partial charge in [0.25, 0.3) is 0 Å². The molecule has 1 spiro atoms. The van der Waals surface area contributed by atoms with Crippen LogP contribution >= 0.6 is 0 Å². The maximum Gasteiger partial charge on any atom is 0.170 e. The van der Waals surface area contributed by atoms with Crippen molar-refractivity contribution in [3.05, 3.63) is 12.2 Å². The smallest absolute Gasteiger partial charge is 0.170 e. The molecule has 0 aromatic carbocycles. The van der Waals surface area contributed by atoms with Crippen molar-refractivity contribution >= 4 is 5.78 Å². The summed E-state index contributed by atoms with van der Waals surface area (Å²) >= 11 is 0. The van der Waals surface area contributed by atoms with E-state index in [0.29, 0.717) is 31.3 Å². The van der Waals surface area contributed by atoms with Gasteiger partial charge in [0.2, 0.25) is 0 Å². The van der Waals surface area contributed by atoms with Crippen LogP contribution in [0, 0.1) is 34.5 Å². The lowest BCUT2D eigenvalue weighted by atomic mass is 9.41. The number of ketones is 1. The van der Waals surface area contributed by atoms with E-state index >= 15 is 0 Å². The standard InChI is InChI=1S/C19H28O5/c1-9-3-6-14(21)18(8-20)12(9)7-15(22)19-13(18)5-4-11(17(19)24)10(2)16(19)23/h9,11-15,17,20-22,24H,2-8H2,1H3. The fraction of sp³-hybridized carbons (Fsp3) is 0.842. The number of rotatable bonds is 1. The minimum atomic E-state index is -1.29. The van der Waals surface area contributed by atoms with E-state index < -0.39 is 35.1 Å². The highest BCUT2D eigenvalue weighted by molar-refractivity contribution is 6.04. The zero-order valence-corrected chi connectivity index (χ0v) is 14.2. The summed E-state index contributed by atoms with van der Waals surface area (Å²) in [6.45, 7) is 5.78. The van der Waals surface area contributed by atoms with E-state index in [2.05, 4.69) is 13.5 Å². The second-order valence-electron chi connectivity index (χ2n) is 8.67. The quantitative estimate of drug-likeness (QED) is 0.527. The largest absolute Gasteiger partial charge is 0.396 e. The van der Waals surface area contributed by atoms with Crippen molar-refractivity contribution in [2.75, 3.05) is 6.61 Å². The highest BCUT2D eigenvalue weighted by atomic mass is 16.3. The number of Topliss-reactive ketones (excluding diaryl/α,β-unsaturated/α-hetero) is 1. The zero-order valence-electron chi connectivity index (χ0n) is 14.2. The van der Waals surface area contributed by atoms with E-state index in [1.54, 1.807) is 0 Å². The number of aliphatic hydroxyl groups excluding tert-OH is 4. The Bertz CT molecular complexity index is 588. The Balaban J connectivity index is 1.92. The number of hydrogen-bond acceptors (Lipinski definition) is 5. The van der Waals surface area contributed by atoms with Crippen molar-refractivity contribution < 1.29 is 25.2 Å². The van der Waals surface area contributed by atoms with Crippen molar-refractivity contribution in [2.24, 2.45) is 34.5 Å². The molecule has 4 saturated carbocycles. The molecule has 0 radical (unpaired) electrons. The molecule has 0 aliphatic heterocycles. The monoisotopic (exact) mass is 336 g/mol. The van der Waals surface area contributed by atoms with Crippen LogP contribution in [0.5, 0.6) is 0 Å². The Labute approximate surface area is 142 Å². The molecule has 134 valence electrons. The molecule has 4 aliphatic rings. The van der Waals surface area contributed by atoms with E-state index in [4.69, 9.17) is 0 Å². The zero-order chi connectivity index (χ0) is 17.4. The normalized spacial score (nSPS) is 56.8. The summed E-state index contributed by atoms with van der Waals surface area (Å²) in [5.41, 5.74) is -1.70. The van der Waals surface area contributed by atoms with Crippen LogP contribution in [-0.2, 0) is 4.79 Å². The van der Waals surface area contributed by atoms with E-state index in [-0.39, 0.29) is 30.1 Å². The van der Waals surface area contributed by atoms with Gasteiger partial charge in [0.15, 0.2) is 5.78 Å². The van der Waals surface area contributed by atoms with Crippen molar-refractivity contribution in [3.63, 3.8) is 0 Å². The van der Waals surface area contributed by atoms with Crippen LogP contribution in [0.25, 0.3) is 0 Å². The molecule has 4 fully saturated rings. The van der Waals surface area contributed by atoms with Gasteiger partial charge in [-0.3, -0.25) is 4.79 Å². The second kappa shape index (κ2) is 5.13. The van der Waals surface area contributed by atoms with Crippen LogP contribution in [-0.4, -0.2) is 51.1 Å². The number of hydrogen-bond donors (Lipinski definition) is 4. The lowest BCUT2D eigenvalue weighted by molar-refractivity contribution is -0.255. The molecule has 9 atom stereocenters. The van der Waals surface area contributed by atoms with Gasteiger partial charge in [-0.15, -0.1) is 0 Å². The van der Waals surface area contributed by atoms with Crippen molar-refractivity contribution in [1.29, 1.82) is 0 Å². The third-order valence-corrected chi connectivity index (χ3v) is 8.19. The third kappa shape index (κ3) is 1.58. The van der Waals surface area contributed by atoms with Crippen molar-refractivity contribution in [3.8, 4) is 0 Å². The Hall–Kier alpha value is -0.750. The molecular weight excluding hydrogens is 308 g/mol. The predicted octanol–water partition coefficient (Wildman–Crippen LogP) is 0.649. The first-order chi connectivity index (χ1) is 11.3. The number of fused-ring (bicyclic) bond motifs is 3. The van der Waals surface area contributed by atoms with E-state index in [0.717, 1.165) is 6.42 Å². The summed E-state index contributed by atoms with van der Waals surface area (Å²) in [6.07, 6.45) is 0.442. The fourth-order valence-electron chi connectivity index (χ4n) is 7.06. The highest BCUT2D eigenvalue weighted by Gasteiger charge is 2.75. The molecule has 0 amide bonds. The van der Waals surface area contributed by atoms with Gasteiger partial charge in [-0.25, -0.2) is 0 Å². The Kier molecular flexibility index (Phi) is 3.57. The van der Waals surface area contributed by atoms with Gasteiger partial charge in [-0.2, -0.15) is 0 Å². The molecule has 4 rings (SSSR count). The van der Waals surface area contributed by atoms with Crippen LogP contribution in [0.15, 0.2) is 12.2 Å². The minimum absolute atomic E-state index is 0.0395. The van der Waals surface area contributed by atoms with Gasteiger partial charge in [-0.1, -0.05) is 13.5 Å². The van der Waals surface area contributed by atoms with Crippen LogP contribution in [0.4, 0.5) is 0 Å². The molecule has 0 aromatic rings. The number of aliphatic hydroxyl groups is 4. The van der Waals surface area contributed by atoms with Gasteiger partial charge in [0, 0.05) is 11.3 Å². The topological polar surface area (TPSA) is 98.0 Å². The van der Waals surface area contributed by atoms with Crippen LogP contribution in [0.3, 0.4) is 0 Å². The molecule has 5 nitrogen and oxygen atoms in total. The molecule has 0 heterocycles. The number of carbonyl (C=O) groups is 1. The van der Waals surface area contributed by atoms with Gasteiger partial charge >= 0.3 is 0 Å². The van der Waals surface area contributed by atoms with Gasteiger partial charge in [-0.05, 0) is 55.4 Å². The van der Waals surface area contributed by atoms with Crippen LogP contribution in [0.2, 0.25) is 0 Å². The lowest BCUT2D eigenvalue weighted by Crippen LogP contribution is -2.70. The van der Waals surface area contributed by atoms with Gasteiger partial charge in [0.05, 0.1) is 30.3 Å². The molecule has 9 unspecified atom stereocenters. The first kappa shape index (κ1) is 16.7. The molecule has 0 saturated heterocycles. The molecule has 24 heavy (non-hydrogen) atoms.